The molecule has 7 nitrogen and oxygen atoms in total. The molecule has 68 valence electrons. The van der Waals surface area contributed by atoms with E-state index in [0.29, 0.717) is 0 Å². The average molecular weight is 468 g/mol. The van der Waals surface area contributed by atoms with Gasteiger partial charge in [0.15, 0.2) is 0 Å². The van der Waals surface area contributed by atoms with Crippen LogP contribution >= 0.6 is 0 Å². The minimum Gasteiger partial charge on any atom is -0.388 e. The molecule has 0 spiro atoms. The van der Waals surface area contributed by atoms with Crippen LogP contribution in [0.1, 0.15) is 0 Å². The Balaban J connectivity index is -0.000000135. The third-order valence-corrected chi connectivity index (χ3v) is 3.21. The molecule has 13 heteroatoms. The fourth-order valence-electron chi connectivity index (χ4n) is 0.177. The topological polar surface area (TPSA) is 120 Å². The van der Waals surface area contributed by atoms with E-state index in [-0.39, 0.29) is 98.1 Å². The van der Waals surface area contributed by atoms with Gasteiger partial charge in [-0.3, -0.25) is 0 Å². The Bertz CT molecular complexity index is 81.1. The molecule has 0 unspecified atom stereocenters. The summed E-state index contributed by atoms with van der Waals surface area (Å²) < 4.78 is 7.83. The van der Waals surface area contributed by atoms with Gasteiger partial charge in [-0.1, -0.05) is 0 Å². The van der Waals surface area contributed by atoms with E-state index in [1.807, 2.05) is 0 Å². The van der Waals surface area contributed by atoms with Crippen molar-refractivity contribution in [3.05, 3.63) is 0 Å². The Kier molecular flexibility index (Phi) is 30.8. The van der Waals surface area contributed by atoms with Crippen LogP contribution in [0.4, 0.5) is 0 Å². The van der Waals surface area contributed by atoms with Crippen molar-refractivity contribution in [3.8, 4) is 0 Å². The predicted molar refractivity (Wildman–Crippen MR) is 30.5 cm³/mol. The van der Waals surface area contributed by atoms with Crippen LogP contribution in [0.2, 0.25) is 0 Å². The normalized spacial score (nSPS) is 9.23. The zero-order valence-electron chi connectivity index (χ0n) is 6.28. The Morgan fingerprint density at radius 2 is 0.846 bits per heavy atom. The van der Waals surface area contributed by atoms with Crippen LogP contribution in [-0.4, -0.2) is 52.6 Å². The van der Waals surface area contributed by atoms with Crippen molar-refractivity contribution in [2.45, 2.75) is 0 Å². The SMILES string of the molecule is O[Si](O)O[Si](O)O[Si](O)O.[Y].[Y].[Y]. The molecule has 0 saturated carbocycles. The summed E-state index contributed by atoms with van der Waals surface area (Å²) in [4.78, 5) is 40.9. The van der Waals surface area contributed by atoms with Crippen LogP contribution in [0.25, 0.3) is 0 Å². The van der Waals surface area contributed by atoms with Crippen molar-refractivity contribution in [1.82, 2.24) is 0 Å². The van der Waals surface area contributed by atoms with Gasteiger partial charge in [-0.2, -0.15) is 0 Å². The summed E-state index contributed by atoms with van der Waals surface area (Å²) >= 11 is 0. The Morgan fingerprint density at radius 1 is 0.615 bits per heavy atom. The number of rotatable bonds is 4. The van der Waals surface area contributed by atoms with Gasteiger partial charge in [0.25, 0.3) is 0 Å². The number of hydrogen-bond acceptors (Lipinski definition) is 7. The zero-order valence-corrected chi connectivity index (χ0v) is 17.8. The largest absolute Gasteiger partial charge is 0.563 e. The number of hydrogen-bond donors (Lipinski definition) is 5. The van der Waals surface area contributed by atoms with Gasteiger partial charge in [-0.05, 0) is 0 Å². The minimum absolute atomic E-state index is 0. The van der Waals surface area contributed by atoms with Gasteiger partial charge in [-0.15, -0.1) is 0 Å². The van der Waals surface area contributed by atoms with Crippen molar-refractivity contribution in [2.24, 2.45) is 0 Å². The second-order valence-electron chi connectivity index (χ2n) is 1.04. The molecule has 0 aliphatic carbocycles. The molecule has 0 amide bonds. The quantitative estimate of drug-likeness (QED) is 0.267. The molecule has 13 heavy (non-hydrogen) atoms. The van der Waals surface area contributed by atoms with Crippen LogP contribution in [0.15, 0.2) is 0 Å². The van der Waals surface area contributed by atoms with Gasteiger partial charge in [0.05, 0.1) is 0 Å². The van der Waals surface area contributed by atoms with Crippen molar-refractivity contribution in [1.29, 1.82) is 0 Å². The molecule has 0 bridgehead atoms. The van der Waals surface area contributed by atoms with Crippen LogP contribution in [0, 0.1) is 0 Å². The monoisotopic (exact) mass is 468 g/mol. The van der Waals surface area contributed by atoms with Gasteiger partial charge in [0, 0.05) is 98.1 Å². The molecule has 0 aliphatic heterocycles. The average Bonchev–Trinajstić information content (AvgIpc) is 1.58. The maximum absolute atomic E-state index is 8.46. The maximum atomic E-state index is 8.46. The molecular weight excluding hydrogens is 463 g/mol. The van der Waals surface area contributed by atoms with Gasteiger partial charge in [-0.25, -0.2) is 0 Å². The van der Waals surface area contributed by atoms with E-state index in [1.165, 1.54) is 0 Å². The van der Waals surface area contributed by atoms with Gasteiger partial charge >= 0.3 is 28.6 Å². The first-order valence-corrected chi connectivity index (χ1v) is 5.80. The summed E-state index contributed by atoms with van der Waals surface area (Å²) in [6, 6.07) is 0. The van der Waals surface area contributed by atoms with Crippen LogP contribution in [-0.2, 0) is 106 Å². The second kappa shape index (κ2) is 15.7. The van der Waals surface area contributed by atoms with E-state index in [4.69, 9.17) is 24.0 Å². The first kappa shape index (κ1) is 25.5. The standard InChI is InChI=1S/H5O7Si3.3Y/c1-8(2)6-10(5)7-9(3)4;;;/h1-5H;;;. The summed E-state index contributed by atoms with van der Waals surface area (Å²) in [7, 11) is -8.93. The molecular formula is H5O7Si3Y3. The van der Waals surface area contributed by atoms with E-state index in [1.54, 1.807) is 0 Å². The van der Waals surface area contributed by atoms with E-state index >= 15 is 0 Å². The van der Waals surface area contributed by atoms with Crippen LogP contribution < -0.4 is 0 Å². The summed E-state index contributed by atoms with van der Waals surface area (Å²) in [6.45, 7) is 0. The first-order chi connectivity index (χ1) is 4.52. The zero-order chi connectivity index (χ0) is 8.15. The Morgan fingerprint density at radius 3 is 1.00 bits per heavy atom. The molecule has 0 heterocycles. The summed E-state index contributed by atoms with van der Waals surface area (Å²) in [6.07, 6.45) is 0. The first-order valence-electron chi connectivity index (χ1n) is 1.93. The smallest absolute Gasteiger partial charge is 0.388 e. The third kappa shape index (κ3) is 21.5. The van der Waals surface area contributed by atoms with Gasteiger partial charge in [0.2, 0.25) is 0 Å². The van der Waals surface area contributed by atoms with E-state index in [0.717, 1.165) is 0 Å². The molecule has 0 fully saturated rings. The minimum atomic E-state index is -3.01. The molecule has 0 saturated heterocycles. The second-order valence-corrected chi connectivity index (χ2v) is 4.33. The van der Waals surface area contributed by atoms with Crippen molar-refractivity contribution < 1.29 is 130 Å². The molecule has 0 aromatic rings. The summed E-state index contributed by atoms with van der Waals surface area (Å²) in [5, 5.41) is 0. The Hall–Kier alpha value is 3.68. The van der Waals surface area contributed by atoms with Gasteiger partial charge < -0.3 is 32.2 Å². The third-order valence-electron chi connectivity index (χ3n) is 0.357. The maximum Gasteiger partial charge on any atom is 0.563 e. The van der Waals surface area contributed by atoms with E-state index < -0.39 is 28.6 Å². The molecule has 0 aromatic heterocycles. The van der Waals surface area contributed by atoms with Crippen molar-refractivity contribution >= 4 is 28.6 Å². The summed E-state index contributed by atoms with van der Waals surface area (Å²) in [5.74, 6) is 0. The fraction of sp³-hybridized carbons (Fsp3) is 0. The Labute approximate surface area is 156 Å². The molecule has 0 aromatic carbocycles. The summed E-state index contributed by atoms with van der Waals surface area (Å²) in [5.41, 5.74) is 0. The molecule has 6 radical (unpaired) electrons. The predicted octanol–water partition coefficient (Wildman–Crippen LogP) is -4.07. The van der Waals surface area contributed by atoms with Crippen LogP contribution in [0.5, 0.6) is 0 Å². The van der Waals surface area contributed by atoms with Gasteiger partial charge in [0.1, 0.15) is 0 Å². The fourth-order valence-corrected chi connectivity index (χ4v) is 1.97. The molecule has 0 aliphatic rings. The molecule has 0 rings (SSSR count). The van der Waals surface area contributed by atoms with Crippen molar-refractivity contribution in [3.63, 3.8) is 0 Å². The molecule has 0 atom stereocenters. The van der Waals surface area contributed by atoms with E-state index in [2.05, 4.69) is 8.23 Å². The van der Waals surface area contributed by atoms with E-state index in [9.17, 15) is 0 Å². The molecule has 5 N–H and O–H groups in total. The van der Waals surface area contributed by atoms with Crippen molar-refractivity contribution in [2.75, 3.05) is 0 Å². The van der Waals surface area contributed by atoms with Crippen LogP contribution in [0.3, 0.4) is 0 Å².